The van der Waals surface area contributed by atoms with Crippen LogP contribution in [0.25, 0.3) is 0 Å². The summed E-state index contributed by atoms with van der Waals surface area (Å²) < 4.78 is 65.7. The summed E-state index contributed by atoms with van der Waals surface area (Å²) in [4.78, 5) is 20.5. The first-order chi connectivity index (χ1) is 16.6. The van der Waals surface area contributed by atoms with Gasteiger partial charge in [-0.05, 0) is 30.7 Å². The third-order valence-corrected chi connectivity index (χ3v) is 6.89. The lowest BCUT2D eigenvalue weighted by atomic mass is 10.1. The fourth-order valence-electron chi connectivity index (χ4n) is 3.57. The molecule has 1 aromatic carbocycles. The molecule has 1 amide bonds. The first kappa shape index (κ1) is 26.5. The van der Waals surface area contributed by atoms with Gasteiger partial charge in [-0.15, -0.1) is 0 Å². The van der Waals surface area contributed by atoms with Crippen LogP contribution in [0.5, 0.6) is 0 Å². The molecule has 1 aromatic heterocycles. The zero-order chi connectivity index (χ0) is 25.5. The number of rotatable bonds is 7. The predicted molar refractivity (Wildman–Crippen MR) is 127 cm³/mol. The van der Waals surface area contributed by atoms with E-state index in [0.29, 0.717) is 30.9 Å². The largest absolute Gasteiger partial charge is 0.417 e. The normalized spacial score (nSPS) is 14.4. The molecule has 1 aliphatic heterocycles. The van der Waals surface area contributed by atoms with Crippen molar-refractivity contribution in [2.24, 2.45) is 0 Å². The van der Waals surface area contributed by atoms with Crippen LogP contribution in [0, 0.1) is 11.8 Å². The van der Waals surface area contributed by atoms with Crippen molar-refractivity contribution in [2.45, 2.75) is 25.9 Å². The summed E-state index contributed by atoms with van der Waals surface area (Å²) in [6.07, 6.45) is -1.63. The minimum Gasteiger partial charge on any atom is -0.353 e. The fourth-order valence-corrected chi connectivity index (χ4v) is 4.68. The van der Waals surface area contributed by atoms with Crippen LogP contribution in [0.15, 0.2) is 42.6 Å². The average Bonchev–Trinajstić information content (AvgIpc) is 2.85. The number of amides is 1. The van der Waals surface area contributed by atoms with Crippen molar-refractivity contribution >= 4 is 21.7 Å². The number of anilines is 1. The molecule has 0 unspecified atom stereocenters. The number of piperazine rings is 1. The van der Waals surface area contributed by atoms with E-state index < -0.39 is 27.7 Å². The highest BCUT2D eigenvalue weighted by molar-refractivity contribution is 7.89. The zero-order valence-electron chi connectivity index (χ0n) is 19.3. The van der Waals surface area contributed by atoms with Crippen LogP contribution in [-0.4, -0.2) is 62.7 Å². The summed E-state index contributed by atoms with van der Waals surface area (Å²) in [6.45, 7) is 3.33. The Hall–Kier alpha value is -3.10. The summed E-state index contributed by atoms with van der Waals surface area (Å²) in [6, 6.07) is 8.34. The standard InChI is InChI=1S/C24H27F3N4O3S/c1-2-3-17-35(33,34)29-12-6-7-19-10-11-22(28-18-19)30-13-15-31(16-14-30)23(32)20-8-4-5-9-21(20)24(25,26)27/h4-5,8-11,18,29H,2-3,12-17H2,1H3. The number of aromatic nitrogens is 1. The van der Waals surface area contributed by atoms with Crippen molar-refractivity contribution in [3.05, 3.63) is 59.3 Å². The van der Waals surface area contributed by atoms with Crippen molar-refractivity contribution in [2.75, 3.05) is 43.4 Å². The molecule has 188 valence electrons. The molecular formula is C24H27F3N4O3S. The molecule has 1 aliphatic rings. The van der Waals surface area contributed by atoms with Crippen LogP contribution in [0.4, 0.5) is 19.0 Å². The Morgan fingerprint density at radius 3 is 2.46 bits per heavy atom. The van der Waals surface area contributed by atoms with Gasteiger partial charge in [0.15, 0.2) is 0 Å². The SMILES string of the molecule is CCCCS(=O)(=O)NCC#Cc1ccc(N2CCN(C(=O)c3ccccc3C(F)(F)F)CC2)nc1. The number of nitrogens with one attached hydrogen (secondary N) is 1. The Balaban J connectivity index is 1.54. The molecule has 2 aromatic rings. The number of alkyl halides is 3. The van der Waals surface area contributed by atoms with Crippen molar-refractivity contribution in [1.82, 2.24) is 14.6 Å². The molecule has 0 aliphatic carbocycles. The Bertz CT molecular complexity index is 1180. The zero-order valence-corrected chi connectivity index (χ0v) is 20.1. The lowest BCUT2D eigenvalue weighted by Crippen LogP contribution is -2.49. The summed E-state index contributed by atoms with van der Waals surface area (Å²) in [5.74, 6) is 5.73. The van der Waals surface area contributed by atoms with Crippen molar-refractivity contribution < 1.29 is 26.4 Å². The Morgan fingerprint density at radius 1 is 1.11 bits per heavy atom. The quantitative estimate of drug-likeness (QED) is 0.582. The minimum atomic E-state index is -4.60. The number of pyridine rings is 1. The van der Waals surface area contributed by atoms with Crippen LogP contribution in [0.1, 0.15) is 41.3 Å². The number of hydrogen-bond acceptors (Lipinski definition) is 5. The van der Waals surface area contributed by atoms with Gasteiger partial charge in [-0.1, -0.05) is 37.3 Å². The molecule has 0 spiro atoms. The predicted octanol–water partition coefficient (Wildman–Crippen LogP) is 3.13. The molecule has 0 saturated carbocycles. The van der Waals surface area contributed by atoms with E-state index in [2.05, 4.69) is 21.5 Å². The van der Waals surface area contributed by atoms with Crippen molar-refractivity contribution in [3.8, 4) is 11.8 Å². The molecule has 0 radical (unpaired) electrons. The van der Waals surface area contributed by atoms with Gasteiger partial charge in [-0.25, -0.2) is 18.1 Å². The van der Waals surface area contributed by atoms with Gasteiger partial charge in [0.05, 0.1) is 23.4 Å². The number of nitrogens with zero attached hydrogens (tertiary/aromatic N) is 3. The Labute approximate surface area is 203 Å². The highest BCUT2D eigenvalue weighted by atomic mass is 32.2. The molecule has 11 heteroatoms. The van der Waals surface area contributed by atoms with Gasteiger partial charge in [-0.3, -0.25) is 4.79 Å². The van der Waals surface area contributed by atoms with Gasteiger partial charge in [-0.2, -0.15) is 13.2 Å². The van der Waals surface area contributed by atoms with E-state index >= 15 is 0 Å². The van der Waals surface area contributed by atoms with Gasteiger partial charge in [0.2, 0.25) is 10.0 Å². The number of sulfonamides is 1. The highest BCUT2D eigenvalue weighted by Crippen LogP contribution is 2.32. The number of unbranched alkanes of at least 4 members (excludes halogenated alkanes) is 1. The van der Waals surface area contributed by atoms with Gasteiger partial charge >= 0.3 is 6.18 Å². The van der Waals surface area contributed by atoms with Crippen LogP contribution in [-0.2, 0) is 16.2 Å². The lowest BCUT2D eigenvalue weighted by molar-refractivity contribution is -0.138. The Kier molecular flexibility index (Phi) is 8.75. The second-order valence-electron chi connectivity index (χ2n) is 8.02. The maximum absolute atomic E-state index is 13.3. The van der Waals surface area contributed by atoms with Crippen molar-refractivity contribution in [3.63, 3.8) is 0 Å². The summed E-state index contributed by atoms with van der Waals surface area (Å²) in [5, 5.41) is 0. The van der Waals surface area contributed by atoms with E-state index in [0.717, 1.165) is 12.5 Å². The monoisotopic (exact) mass is 508 g/mol. The second kappa shape index (κ2) is 11.6. The maximum Gasteiger partial charge on any atom is 0.417 e. The second-order valence-corrected chi connectivity index (χ2v) is 9.95. The van der Waals surface area contributed by atoms with Crippen molar-refractivity contribution in [1.29, 1.82) is 0 Å². The first-order valence-electron chi connectivity index (χ1n) is 11.2. The van der Waals surface area contributed by atoms with E-state index in [-0.39, 0.29) is 31.0 Å². The van der Waals surface area contributed by atoms with E-state index in [9.17, 15) is 26.4 Å². The van der Waals surface area contributed by atoms with Crippen LogP contribution in [0.3, 0.4) is 0 Å². The molecular weight excluding hydrogens is 481 g/mol. The number of halogens is 3. The van der Waals surface area contributed by atoms with Crippen LogP contribution >= 0.6 is 0 Å². The van der Waals surface area contributed by atoms with Gasteiger partial charge in [0, 0.05) is 37.9 Å². The van der Waals surface area contributed by atoms with Gasteiger partial charge < -0.3 is 9.80 Å². The highest BCUT2D eigenvalue weighted by Gasteiger charge is 2.36. The van der Waals surface area contributed by atoms with E-state index in [1.807, 2.05) is 11.8 Å². The minimum absolute atomic E-state index is 0.0151. The summed E-state index contributed by atoms with van der Waals surface area (Å²) in [5.41, 5.74) is -0.652. The lowest BCUT2D eigenvalue weighted by Gasteiger charge is -2.35. The molecule has 0 bridgehead atoms. The van der Waals surface area contributed by atoms with Gasteiger partial charge in [0.1, 0.15) is 5.82 Å². The van der Waals surface area contributed by atoms with Crippen LogP contribution in [0.2, 0.25) is 0 Å². The molecule has 3 rings (SSSR count). The maximum atomic E-state index is 13.3. The topological polar surface area (TPSA) is 82.6 Å². The number of carbonyl (C=O) groups is 1. The average molecular weight is 509 g/mol. The molecule has 1 saturated heterocycles. The smallest absolute Gasteiger partial charge is 0.353 e. The van der Waals surface area contributed by atoms with E-state index in [4.69, 9.17) is 0 Å². The number of benzene rings is 1. The summed E-state index contributed by atoms with van der Waals surface area (Å²) in [7, 11) is -3.32. The van der Waals surface area contributed by atoms with E-state index in [1.54, 1.807) is 18.3 Å². The number of hydrogen-bond donors (Lipinski definition) is 1. The molecule has 1 N–H and O–H groups in total. The van der Waals surface area contributed by atoms with Gasteiger partial charge in [0.25, 0.3) is 5.91 Å². The molecule has 2 heterocycles. The third-order valence-electron chi connectivity index (χ3n) is 5.48. The molecule has 35 heavy (non-hydrogen) atoms. The van der Waals surface area contributed by atoms with E-state index in [1.165, 1.54) is 23.1 Å². The molecule has 7 nitrogen and oxygen atoms in total. The molecule has 0 atom stereocenters. The third kappa shape index (κ3) is 7.44. The molecule has 1 fully saturated rings. The summed E-state index contributed by atoms with van der Waals surface area (Å²) >= 11 is 0. The Morgan fingerprint density at radius 2 is 1.83 bits per heavy atom. The first-order valence-corrected chi connectivity index (χ1v) is 12.9. The van der Waals surface area contributed by atoms with Crippen LogP contribution < -0.4 is 9.62 Å². The number of carbonyl (C=O) groups excluding carboxylic acids is 1. The fraction of sp³-hybridized carbons (Fsp3) is 0.417.